The minimum atomic E-state index is -0.359. The maximum atomic E-state index is 14.1. The Morgan fingerprint density at radius 2 is 1.73 bits per heavy atom. The molecule has 8 nitrogen and oxygen atoms in total. The van der Waals surface area contributed by atoms with Gasteiger partial charge in [0.05, 0.1) is 16.1 Å². The first-order valence-electron chi connectivity index (χ1n) is 14.5. The van der Waals surface area contributed by atoms with Gasteiger partial charge in [-0.15, -0.1) is 0 Å². The number of carbonyl (C=O) groups excluding carboxylic acids is 1. The molecule has 0 unspecified atom stereocenters. The third kappa shape index (κ3) is 4.98. The van der Waals surface area contributed by atoms with Gasteiger partial charge in [0.1, 0.15) is 11.6 Å². The quantitative estimate of drug-likeness (QED) is 0.386. The number of amides is 1. The molecule has 2 saturated heterocycles. The summed E-state index contributed by atoms with van der Waals surface area (Å²) in [4.78, 5) is 42.4. The van der Waals surface area contributed by atoms with Gasteiger partial charge in [0.15, 0.2) is 5.65 Å². The molecule has 9 heteroatoms. The van der Waals surface area contributed by atoms with Crippen LogP contribution in [-0.4, -0.2) is 63.6 Å². The van der Waals surface area contributed by atoms with Crippen molar-refractivity contribution in [3.63, 3.8) is 0 Å². The second-order valence-electron chi connectivity index (χ2n) is 10.9. The molecule has 2 fully saturated rings. The molecular weight excluding hydrogens is 524 g/mol. The van der Waals surface area contributed by atoms with Gasteiger partial charge in [-0.1, -0.05) is 50.2 Å². The molecule has 1 aromatic carbocycles. The summed E-state index contributed by atoms with van der Waals surface area (Å²) in [5.74, 6) is 1.19. The second-order valence-corrected chi connectivity index (χ2v) is 11.3. The second kappa shape index (κ2) is 11.6. The number of piperidine rings is 1. The topological polar surface area (TPSA) is 74.6 Å². The number of pyridine rings is 1. The number of nitrogens with zero attached hydrogens (tertiary/aromatic N) is 6. The standard InChI is InChI=1S/C31H39ClN6O2/c1-6-22-13-11-14-23(7-2)27(22)38-29-24(18-25(32)30(33-29)36-15-10-9-12-20(36)4)28(34-31(38)40)37-17-16-35(19-21(37)5)26(39)8-3/h8,11,13-14,18,20-21H,3,6-7,9-10,12,15-17,19H2,1-2,4-5H3/t20-,21+/m1/s1. The van der Waals surface area contributed by atoms with Crippen molar-refractivity contribution in [3.8, 4) is 5.69 Å². The highest BCUT2D eigenvalue weighted by molar-refractivity contribution is 6.33. The first-order valence-corrected chi connectivity index (χ1v) is 14.9. The molecule has 2 aromatic heterocycles. The van der Waals surface area contributed by atoms with Crippen LogP contribution < -0.4 is 15.5 Å². The highest BCUT2D eigenvalue weighted by Crippen LogP contribution is 2.36. The van der Waals surface area contributed by atoms with Crippen LogP contribution in [0.2, 0.25) is 5.02 Å². The lowest BCUT2D eigenvalue weighted by molar-refractivity contribution is -0.126. The van der Waals surface area contributed by atoms with Crippen LogP contribution in [0, 0.1) is 0 Å². The van der Waals surface area contributed by atoms with Gasteiger partial charge in [0, 0.05) is 38.3 Å². The van der Waals surface area contributed by atoms with Crippen LogP contribution in [0.3, 0.4) is 0 Å². The Balaban J connectivity index is 1.76. The van der Waals surface area contributed by atoms with Crippen LogP contribution in [0.4, 0.5) is 11.6 Å². The van der Waals surface area contributed by atoms with E-state index in [1.807, 2.05) is 19.1 Å². The first-order chi connectivity index (χ1) is 19.3. The van der Waals surface area contributed by atoms with Gasteiger partial charge in [-0.2, -0.15) is 4.98 Å². The Morgan fingerprint density at radius 3 is 2.35 bits per heavy atom. The molecule has 4 heterocycles. The number of rotatable bonds is 6. The maximum Gasteiger partial charge on any atom is 0.355 e. The number of aryl methyl sites for hydroxylation is 2. The van der Waals surface area contributed by atoms with Crippen molar-refractivity contribution in [1.29, 1.82) is 0 Å². The number of piperazine rings is 1. The van der Waals surface area contributed by atoms with Crippen molar-refractivity contribution in [2.45, 2.75) is 71.9 Å². The molecule has 212 valence electrons. The molecule has 0 spiro atoms. The molecule has 2 aliphatic heterocycles. The Bertz CT molecular complexity index is 1480. The smallest absolute Gasteiger partial charge is 0.353 e. The summed E-state index contributed by atoms with van der Waals surface area (Å²) in [6.07, 6.45) is 6.24. The molecule has 1 amide bonds. The van der Waals surface area contributed by atoms with E-state index in [1.165, 1.54) is 12.5 Å². The molecule has 2 atom stereocenters. The summed E-state index contributed by atoms with van der Waals surface area (Å²) in [7, 11) is 0. The van der Waals surface area contributed by atoms with Crippen molar-refractivity contribution in [2.24, 2.45) is 0 Å². The fourth-order valence-electron chi connectivity index (χ4n) is 6.23. The zero-order valence-corrected chi connectivity index (χ0v) is 24.7. The van der Waals surface area contributed by atoms with Crippen LogP contribution in [-0.2, 0) is 17.6 Å². The van der Waals surface area contributed by atoms with Crippen LogP contribution >= 0.6 is 11.6 Å². The Hall–Kier alpha value is -3.39. The number of benzene rings is 1. The van der Waals surface area contributed by atoms with E-state index >= 15 is 0 Å². The van der Waals surface area contributed by atoms with Crippen molar-refractivity contribution in [3.05, 3.63) is 63.6 Å². The van der Waals surface area contributed by atoms with Gasteiger partial charge < -0.3 is 14.7 Å². The molecule has 0 radical (unpaired) electrons. The minimum Gasteiger partial charge on any atom is -0.353 e. The fourth-order valence-corrected chi connectivity index (χ4v) is 6.49. The number of fused-ring (bicyclic) bond motifs is 1. The fraction of sp³-hybridized carbons (Fsp3) is 0.484. The van der Waals surface area contributed by atoms with Gasteiger partial charge in [0.25, 0.3) is 0 Å². The van der Waals surface area contributed by atoms with E-state index in [2.05, 4.69) is 54.3 Å². The normalized spacial score (nSPS) is 19.8. The van der Waals surface area contributed by atoms with Crippen molar-refractivity contribution in [2.75, 3.05) is 36.0 Å². The molecule has 40 heavy (non-hydrogen) atoms. The molecule has 0 aliphatic carbocycles. The zero-order valence-electron chi connectivity index (χ0n) is 24.0. The summed E-state index contributed by atoms with van der Waals surface area (Å²) in [5.41, 5.74) is 3.23. The summed E-state index contributed by atoms with van der Waals surface area (Å²) < 4.78 is 1.70. The number of para-hydroxylation sites is 1. The van der Waals surface area contributed by atoms with Crippen LogP contribution in [0.1, 0.15) is 58.1 Å². The Morgan fingerprint density at radius 1 is 1.02 bits per heavy atom. The number of hydrogen-bond acceptors (Lipinski definition) is 6. The summed E-state index contributed by atoms with van der Waals surface area (Å²) in [6.45, 7) is 14.5. The van der Waals surface area contributed by atoms with Gasteiger partial charge in [-0.3, -0.25) is 4.79 Å². The summed E-state index contributed by atoms with van der Waals surface area (Å²) >= 11 is 6.99. The van der Waals surface area contributed by atoms with E-state index in [-0.39, 0.29) is 17.6 Å². The van der Waals surface area contributed by atoms with E-state index in [0.717, 1.165) is 54.4 Å². The monoisotopic (exact) mass is 562 g/mol. The summed E-state index contributed by atoms with van der Waals surface area (Å²) in [6, 6.07) is 8.38. The first kappa shape index (κ1) is 28.1. The average Bonchev–Trinajstić information content (AvgIpc) is 2.96. The van der Waals surface area contributed by atoms with Crippen LogP contribution in [0.25, 0.3) is 16.7 Å². The SMILES string of the molecule is C=CC(=O)N1CCN(c2nc(=O)n(-c3c(CC)cccc3CC)c3nc(N4CCCC[C@H]4C)c(Cl)cc23)[C@@H](C)C1. The molecule has 0 bridgehead atoms. The number of hydrogen-bond donors (Lipinski definition) is 0. The van der Waals surface area contributed by atoms with Crippen molar-refractivity contribution < 1.29 is 4.79 Å². The number of carbonyl (C=O) groups is 1. The molecule has 3 aromatic rings. The number of halogens is 1. The molecule has 0 N–H and O–H groups in total. The van der Waals surface area contributed by atoms with Crippen LogP contribution in [0.15, 0.2) is 41.7 Å². The van der Waals surface area contributed by atoms with Crippen LogP contribution in [0.5, 0.6) is 0 Å². The molecule has 5 rings (SSSR count). The molecular formula is C31H39ClN6O2. The maximum absolute atomic E-state index is 14.1. The highest BCUT2D eigenvalue weighted by atomic mass is 35.5. The number of aromatic nitrogens is 3. The largest absolute Gasteiger partial charge is 0.355 e. The lowest BCUT2D eigenvalue weighted by atomic mass is 10.0. The predicted octanol–water partition coefficient (Wildman–Crippen LogP) is 5.16. The Labute approximate surface area is 241 Å². The van der Waals surface area contributed by atoms with Gasteiger partial charge in [-0.25, -0.2) is 14.3 Å². The lowest BCUT2D eigenvalue weighted by Gasteiger charge is -2.40. The van der Waals surface area contributed by atoms with E-state index in [9.17, 15) is 9.59 Å². The van der Waals surface area contributed by atoms with Gasteiger partial charge in [0.2, 0.25) is 5.91 Å². The van der Waals surface area contributed by atoms with E-state index in [4.69, 9.17) is 16.6 Å². The number of anilines is 2. The summed E-state index contributed by atoms with van der Waals surface area (Å²) in [5, 5.41) is 1.29. The third-order valence-corrected chi connectivity index (χ3v) is 8.71. The van der Waals surface area contributed by atoms with Crippen molar-refractivity contribution in [1.82, 2.24) is 19.4 Å². The Kier molecular flexibility index (Phi) is 8.17. The highest BCUT2D eigenvalue weighted by Gasteiger charge is 2.31. The van der Waals surface area contributed by atoms with Gasteiger partial charge in [-0.05, 0) is 69.2 Å². The predicted molar refractivity (Wildman–Crippen MR) is 163 cm³/mol. The van der Waals surface area contributed by atoms with Gasteiger partial charge >= 0.3 is 5.69 Å². The minimum absolute atomic E-state index is 0.0571. The zero-order chi connectivity index (χ0) is 28.6. The third-order valence-electron chi connectivity index (χ3n) is 8.43. The lowest BCUT2D eigenvalue weighted by Crippen LogP contribution is -2.54. The molecule has 0 saturated carbocycles. The van der Waals surface area contributed by atoms with E-state index in [1.54, 1.807) is 9.47 Å². The van der Waals surface area contributed by atoms with Crippen molar-refractivity contribution >= 4 is 40.2 Å². The van der Waals surface area contributed by atoms with E-state index < -0.39 is 0 Å². The molecule has 2 aliphatic rings. The average molecular weight is 563 g/mol. The van der Waals surface area contributed by atoms with E-state index in [0.29, 0.717) is 48.0 Å².